The van der Waals surface area contributed by atoms with E-state index in [4.69, 9.17) is 0 Å². The van der Waals surface area contributed by atoms with Crippen molar-refractivity contribution in [1.29, 1.82) is 0 Å². The third-order valence-corrected chi connectivity index (χ3v) is 3.16. The minimum Gasteiger partial charge on any atom is -0.317 e. The van der Waals surface area contributed by atoms with Gasteiger partial charge in [-0.2, -0.15) is 0 Å². The lowest BCUT2D eigenvalue weighted by molar-refractivity contribution is 0.415. The highest BCUT2D eigenvalue weighted by atomic mass is 14.8. The van der Waals surface area contributed by atoms with E-state index < -0.39 is 0 Å². The van der Waals surface area contributed by atoms with Crippen LogP contribution in [0.4, 0.5) is 0 Å². The molecule has 0 aromatic heterocycles. The van der Waals surface area contributed by atoms with Gasteiger partial charge in [0.25, 0.3) is 0 Å². The summed E-state index contributed by atoms with van der Waals surface area (Å²) in [4.78, 5) is 0. The Kier molecular flexibility index (Phi) is 6.26. The maximum absolute atomic E-state index is 3.48. The molecule has 13 heavy (non-hydrogen) atoms. The van der Waals surface area contributed by atoms with Gasteiger partial charge in [0.05, 0.1) is 0 Å². The molecule has 1 nitrogen and oxygen atoms in total. The molecule has 1 atom stereocenters. The largest absolute Gasteiger partial charge is 0.317 e. The molecule has 1 fully saturated rings. The van der Waals surface area contributed by atoms with Gasteiger partial charge in [0.2, 0.25) is 0 Å². The summed E-state index contributed by atoms with van der Waals surface area (Å²) >= 11 is 0. The Hall–Kier alpha value is -0.0400. The Morgan fingerprint density at radius 1 is 1.08 bits per heavy atom. The smallest absolute Gasteiger partial charge is 0.00463 e. The van der Waals surface area contributed by atoms with Crippen molar-refractivity contribution in [2.45, 2.75) is 58.3 Å². The highest BCUT2D eigenvalue weighted by molar-refractivity contribution is 4.66. The summed E-state index contributed by atoms with van der Waals surface area (Å²) in [5.41, 5.74) is 0. The molecule has 1 aliphatic heterocycles. The van der Waals surface area contributed by atoms with E-state index in [2.05, 4.69) is 12.2 Å². The number of rotatable bonds is 5. The van der Waals surface area contributed by atoms with Crippen LogP contribution in [0.1, 0.15) is 58.3 Å². The fourth-order valence-corrected chi connectivity index (χ4v) is 2.24. The van der Waals surface area contributed by atoms with E-state index in [0.717, 1.165) is 5.92 Å². The van der Waals surface area contributed by atoms with Crippen molar-refractivity contribution in [3.05, 3.63) is 0 Å². The highest BCUT2D eigenvalue weighted by Gasteiger charge is 2.10. The lowest BCUT2D eigenvalue weighted by atomic mass is 9.94. The SMILES string of the molecule is CCCCCCC1CCCNCC1. The first kappa shape index (κ1) is 11.0. The first-order valence-corrected chi connectivity index (χ1v) is 6.14. The highest BCUT2D eigenvalue weighted by Crippen LogP contribution is 2.20. The maximum Gasteiger partial charge on any atom is -0.00463 e. The first-order chi connectivity index (χ1) is 6.43. The van der Waals surface area contributed by atoms with Crippen LogP contribution in [0.3, 0.4) is 0 Å². The molecule has 1 unspecified atom stereocenters. The van der Waals surface area contributed by atoms with Crippen molar-refractivity contribution in [3.63, 3.8) is 0 Å². The molecule has 0 amide bonds. The molecule has 0 bridgehead atoms. The van der Waals surface area contributed by atoms with Gasteiger partial charge in [0, 0.05) is 0 Å². The van der Waals surface area contributed by atoms with Crippen LogP contribution in [0, 0.1) is 5.92 Å². The fourth-order valence-electron chi connectivity index (χ4n) is 2.24. The Labute approximate surface area is 83.3 Å². The zero-order valence-electron chi connectivity index (χ0n) is 9.15. The third-order valence-electron chi connectivity index (χ3n) is 3.16. The number of hydrogen-bond donors (Lipinski definition) is 1. The Bertz CT molecular complexity index is 104. The zero-order chi connectivity index (χ0) is 9.36. The van der Waals surface area contributed by atoms with Gasteiger partial charge in [-0.05, 0) is 38.3 Å². The lowest BCUT2D eigenvalue weighted by Crippen LogP contribution is -2.14. The van der Waals surface area contributed by atoms with Crippen molar-refractivity contribution >= 4 is 0 Å². The minimum absolute atomic E-state index is 1.03. The maximum atomic E-state index is 3.48. The molecule has 0 radical (unpaired) electrons. The van der Waals surface area contributed by atoms with Gasteiger partial charge in [-0.15, -0.1) is 0 Å². The summed E-state index contributed by atoms with van der Waals surface area (Å²) < 4.78 is 0. The molecule has 0 aromatic carbocycles. The van der Waals surface area contributed by atoms with Gasteiger partial charge in [-0.25, -0.2) is 0 Å². The second kappa shape index (κ2) is 7.37. The number of nitrogens with one attached hydrogen (secondary N) is 1. The molecule has 1 heteroatoms. The van der Waals surface area contributed by atoms with Crippen LogP contribution in [0.25, 0.3) is 0 Å². The van der Waals surface area contributed by atoms with Crippen molar-refractivity contribution in [2.24, 2.45) is 5.92 Å². The van der Waals surface area contributed by atoms with Crippen molar-refractivity contribution < 1.29 is 0 Å². The Morgan fingerprint density at radius 3 is 2.85 bits per heavy atom. The average molecular weight is 183 g/mol. The normalized spacial score (nSPS) is 24.2. The molecule has 0 saturated carbocycles. The van der Waals surface area contributed by atoms with Gasteiger partial charge < -0.3 is 5.32 Å². The number of unbranched alkanes of at least 4 members (excludes halogenated alkanes) is 3. The second-order valence-electron chi connectivity index (χ2n) is 4.40. The van der Waals surface area contributed by atoms with Crippen LogP contribution >= 0.6 is 0 Å². The topological polar surface area (TPSA) is 12.0 Å². The molecular weight excluding hydrogens is 158 g/mol. The van der Waals surface area contributed by atoms with Gasteiger partial charge >= 0.3 is 0 Å². The molecule has 0 spiro atoms. The second-order valence-corrected chi connectivity index (χ2v) is 4.40. The molecule has 1 N–H and O–H groups in total. The van der Waals surface area contributed by atoms with Crippen molar-refractivity contribution in [2.75, 3.05) is 13.1 Å². The molecule has 78 valence electrons. The summed E-state index contributed by atoms with van der Waals surface area (Å²) in [7, 11) is 0. The van der Waals surface area contributed by atoms with Crippen LogP contribution in [-0.4, -0.2) is 13.1 Å². The molecular formula is C12H25N. The predicted molar refractivity (Wildman–Crippen MR) is 59.0 cm³/mol. The zero-order valence-corrected chi connectivity index (χ0v) is 9.15. The van der Waals surface area contributed by atoms with Crippen molar-refractivity contribution in [1.82, 2.24) is 5.32 Å². The molecule has 1 heterocycles. The first-order valence-electron chi connectivity index (χ1n) is 6.14. The molecule has 1 saturated heterocycles. The van der Waals surface area contributed by atoms with Gasteiger partial charge in [0.1, 0.15) is 0 Å². The lowest BCUT2D eigenvalue weighted by Gasteiger charge is -2.12. The Balaban J connectivity index is 1.98. The van der Waals surface area contributed by atoms with Crippen LogP contribution in [0.15, 0.2) is 0 Å². The summed E-state index contributed by atoms with van der Waals surface area (Å²) in [6.45, 7) is 4.81. The van der Waals surface area contributed by atoms with E-state index in [-0.39, 0.29) is 0 Å². The quantitative estimate of drug-likeness (QED) is 0.645. The van der Waals surface area contributed by atoms with Gasteiger partial charge in [-0.3, -0.25) is 0 Å². The third kappa shape index (κ3) is 5.30. The van der Waals surface area contributed by atoms with Crippen LogP contribution in [0.2, 0.25) is 0 Å². The molecule has 0 aromatic rings. The fraction of sp³-hybridized carbons (Fsp3) is 1.00. The Morgan fingerprint density at radius 2 is 2.00 bits per heavy atom. The molecule has 1 aliphatic rings. The average Bonchev–Trinajstić information content (AvgIpc) is 2.41. The minimum atomic E-state index is 1.03. The van der Waals surface area contributed by atoms with Crippen LogP contribution in [0.5, 0.6) is 0 Å². The van der Waals surface area contributed by atoms with E-state index >= 15 is 0 Å². The van der Waals surface area contributed by atoms with E-state index in [0.29, 0.717) is 0 Å². The summed E-state index contributed by atoms with van der Waals surface area (Å²) in [6.07, 6.45) is 11.5. The van der Waals surface area contributed by atoms with Crippen LogP contribution in [-0.2, 0) is 0 Å². The van der Waals surface area contributed by atoms with E-state index in [1.165, 1.54) is 64.5 Å². The van der Waals surface area contributed by atoms with Gasteiger partial charge in [-0.1, -0.05) is 39.0 Å². The van der Waals surface area contributed by atoms with E-state index in [1.807, 2.05) is 0 Å². The monoisotopic (exact) mass is 183 g/mol. The van der Waals surface area contributed by atoms with Crippen LogP contribution < -0.4 is 5.32 Å². The van der Waals surface area contributed by atoms with E-state index in [1.54, 1.807) is 0 Å². The molecule has 1 rings (SSSR count). The predicted octanol–water partition coefficient (Wildman–Crippen LogP) is 3.35. The summed E-state index contributed by atoms with van der Waals surface area (Å²) in [5, 5.41) is 3.48. The van der Waals surface area contributed by atoms with E-state index in [9.17, 15) is 0 Å². The summed E-state index contributed by atoms with van der Waals surface area (Å²) in [6, 6.07) is 0. The molecule has 0 aliphatic carbocycles. The van der Waals surface area contributed by atoms with Gasteiger partial charge in [0.15, 0.2) is 0 Å². The summed E-state index contributed by atoms with van der Waals surface area (Å²) in [5.74, 6) is 1.03. The standard InChI is InChI=1S/C12H25N/c1-2-3-4-5-7-12-8-6-10-13-11-9-12/h12-13H,2-11H2,1H3. The van der Waals surface area contributed by atoms with Crippen molar-refractivity contribution in [3.8, 4) is 0 Å². The number of hydrogen-bond acceptors (Lipinski definition) is 1.